The van der Waals surface area contributed by atoms with E-state index >= 15 is 0 Å². The van der Waals surface area contributed by atoms with Crippen LogP contribution < -0.4 is 10.2 Å². The van der Waals surface area contributed by atoms with E-state index in [-0.39, 0.29) is 23.3 Å². The minimum absolute atomic E-state index is 0.0377. The molecule has 3 heterocycles. The van der Waals surface area contributed by atoms with Gasteiger partial charge in [-0.3, -0.25) is 9.59 Å². The SMILES string of the molecule is CC(=O)N1CCN(c2nc(NCC3(c4ccc(Cl)cc4)CCC3)c3c(n2)C(=O)N(C(C)C)C3)CC1. The number of anilines is 2. The molecule has 5 rings (SSSR count). The first-order valence-electron chi connectivity index (χ1n) is 12.5. The minimum Gasteiger partial charge on any atom is -0.369 e. The summed E-state index contributed by atoms with van der Waals surface area (Å²) in [6.45, 7) is 9.45. The molecule has 2 aliphatic heterocycles. The van der Waals surface area contributed by atoms with Crippen LogP contribution in [-0.2, 0) is 16.8 Å². The molecule has 2 amide bonds. The van der Waals surface area contributed by atoms with E-state index in [0.29, 0.717) is 44.4 Å². The Labute approximate surface area is 211 Å². The van der Waals surface area contributed by atoms with E-state index in [1.54, 1.807) is 6.92 Å². The molecule has 9 heteroatoms. The maximum atomic E-state index is 13.2. The van der Waals surface area contributed by atoms with Crippen LogP contribution in [0.1, 0.15) is 61.6 Å². The number of hydrogen-bond acceptors (Lipinski definition) is 6. The van der Waals surface area contributed by atoms with Crippen molar-refractivity contribution in [1.82, 2.24) is 19.8 Å². The predicted octanol–water partition coefficient (Wildman–Crippen LogP) is 3.70. The van der Waals surface area contributed by atoms with E-state index in [1.165, 1.54) is 12.0 Å². The molecular formula is C26H33ClN6O2. The Morgan fingerprint density at radius 2 is 1.80 bits per heavy atom. The molecule has 3 aliphatic rings. The van der Waals surface area contributed by atoms with Gasteiger partial charge in [-0.25, -0.2) is 4.98 Å². The monoisotopic (exact) mass is 496 g/mol. The minimum atomic E-state index is -0.0415. The Hall–Kier alpha value is -2.87. The molecule has 1 saturated heterocycles. The molecule has 2 fully saturated rings. The highest BCUT2D eigenvalue weighted by atomic mass is 35.5. The molecule has 0 radical (unpaired) electrons. The molecular weight excluding hydrogens is 464 g/mol. The Bertz CT molecular complexity index is 1120. The van der Waals surface area contributed by atoms with Crippen LogP contribution in [0.2, 0.25) is 5.02 Å². The third-order valence-corrected chi connectivity index (χ3v) is 8.03. The summed E-state index contributed by atoms with van der Waals surface area (Å²) in [7, 11) is 0. The van der Waals surface area contributed by atoms with E-state index < -0.39 is 0 Å². The van der Waals surface area contributed by atoms with Crippen molar-refractivity contribution in [2.45, 2.75) is 58.0 Å². The number of rotatable bonds is 6. The molecule has 186 valence electrons. The highest BCUT2D eigenvalue weighted by Gasteiger charge is 2.40. The fourth-order valence-electron chi connectivity index (χ4n) is 5.33. The van der Waals surface area contributed by atoms with Gasteiger partial charge in [0.15, 0.2) is 0 Å². The van der Waals surface area contributed by atoms with Crippen LogP contribution in [0, 0.1) is 0 Å². The van der Waals surface area contributed by atoms with Crippen molar-refractivity contribution in [3.63, 3.8) is 0 Å². The standard InChI is InChI=1S/C26H33ClN6O2/c1-17(2)33-15-21-22(24(33)35)29-25(32-13-11-31(12-14-32)18(3)34)30-23(21)28-16-26(9-4-10-26)19-5-7-20(27)8-6-19/h5-8,17H,4,9-16H2,1-3H3,(H,28,29,30). The average Bonchev–Trinajstić information content (AvgIpc) is 3.16. The normalized spacial score (nSPS) is 19.1. The fraction of sp³-hybridized carbons (Fsp3) is 0.538. The van der Waals surface area contributed by atoms with Gasteiger partial charge in [-0.1, -0.05) is 30.2 Å². The molecule has 1 aliphatic carbocycles. The van der Waals surface area contributed by atoms with Gasteiger partial charge in [0, 0.05) is 61.7 Å². The van der Waals surface area contributed by atoms with Crippen molar-refractivity contribution in [3.05, 3.63) is 46.1 Å². The van der Waals surface area contributed by atoms with Gasteiger partial charge in [0.25, 0.3) is 5.91 Å². The molecule has 0 spiro atoms. The first kappa shape index (κ1) is 23.9. The van der Waals surface area contributed by atoms with E-state index in [4.69, 9.17) is 21.6 Å². The number of halogens is 1. The second-order valence-corrected chi connectivity index (χ2v) is 10.7. The smallest absolute Gasteiger partial charge is 0.273 e. The summed E-state index contributed by atoms with van der Waals surface area (Å²) in [6.07, 6.45) is 3.40. The predicted molar refractivity (Wildman–Crippen MR) is 137 cm³/mol. The van der Waals surface area contributed by atoms with Crippen LogP contribution in [0.25, 0.3) is 0 Å². The molecule has 8 nitrogen and oxygen atoms in total. The number of carbonyl (C=O) groups excluding carboxylic acids is 2. The lowest BCUT2D eigenvalue weighted by Gasteiger charge is -2.43. The van der Waals surface area contributed by atoms with Gasteiger partial charge in [-0.05, 0) is 44.4 Å². The second kappa shape index (κ2) is 9.30. The lowest BCUT2D eigenvalue weighted by Crippen LogP contribution is -2.48. The molecule has 35 heavy (non-hydrogen) atoms. The quantitative estimate of drug-likeness (QED) is 0.656. The van der Waals surface area contributed by atoms with Crippen LogP contribution in [0.15, 0.2) is 24.3 Å². The number of aromatic nitrogens is 2. The zero-order valence-corrected chi connectivity index (χ0v) is 21.4. The van der Waals surface area contributed by atoms with Crippen molar-refractivity contribution in [1.29, 1.82) is 0 Å². The fourth-order valence-corrected chi connectivity index (χ4v) is 5.46. The van der Waals surface area contributed by atoms with Crippen molar-refractivity contribution < 1.29 is 9.59 Å². The maximum Gasteiger partial charge on any atom is 0.273 e. The van der Waals surface area contributed by atoms with Crippen LogP contribution in [0.5, 0.6) is 0 Å². The number of benzene rings is 1. The largest absolute Gasteiger partial charge is 0.369 e. The summed E-state index contributed by atoms with van der Waals surface area (Å²) in [4.78, 5) is 40.4. The number of piperazine rings is 1. The van der Waals surface area contributed by atoms with E-state index in [1.807, 2.05) is 35.8 Å². The summed E-state index contributed by atoms with van der Waals surface area (Å²) in [6, 6.07) is 8.24. The van der Waals surface area contributed by atoms with Crippen LogP contribution in [-0.4, -0.2) is 70.3 Å². The molecule has 0 unspecified atom stereocenters. The highest BCUT2D eigenvalue weighted by Crippen LogP contribution is 2.44. The van der Waals surface area contributed by atoms with Gasteiger partial charge in [0.05, 0.1) is 6.54 Å². The van der Waals surface area contributed by atoms with Gasteiger partial charge >= 0.3 is 0 Å². The molecule has 0 atom stereocenters. The number of hydrogen-bond donors (Lipinski definition) is 1. The van der Waals surface area contributed by atoms with E-state index in [2.05, 4.69) is 22.3 Å². The van der Waals surface area contributed by atoms with Gasteiger partial charge in [0.1, 0.15) is 11.5 Å². The Morgan fingerprint density at radius 1 is 1.11 bits per heavy atom. The molecule has 1 saturated carbocycles. The number of fused-ring (bicyclic) bond motifs is 1. The highest BCUT2D eigenvalue weighted by molar-refractivity contribution is 6.30. The van der Waals surface area contributed by atoms with Gasteiger partial charge in [-0.2, -0.15) is 4.98 Å². The molecule has 1 aromatic heterocycles. The third kappa shape index (κ3) is 4.44. The average molecular weight is 497 g/mol. The number of amides is 2. The van der Waals surface area contributed by atoms with E-state index in [0.717, 1.165) is 35.8 Å². The van der Waals surface area contributed by atoms with Crippen LogP contribution >= 0.6 is 11.6 Å². The summed E-state index contributed by atoms with van der Waals surface area (Å²) in [5.74, 6) is 1.34. The van der Waals surface area contributed by atoms with Crippen molar-refractivity contribution in [2.75, 3.05) is 42.9 Å². The van der Waals surface area contributed by atoms with Crippen LogP contribution in [0.4, 0.5) is 11.8 Å². The molecule has 1 aromatic carbocycles. The second-order valence-electron chi connectivity index (χ2n) is 10.2. The first-order chi connectivity index (χ1) is 16.8. The molecule has 0 bridgehead atoms. The summed E-state index contributed by atoms with van der Waals surface area (Å²) < 4.78 is 0. The van der Waals surface area contributed by atoms with Crippen molar-refractivity contribution >= 4 is 35.2 Å². The third-order valence-electron chi connectivity index (χ3n) is 7.78. The summed E-state index contributed by atoms with van der Waals surface area (Å²) in [5.41, 5.74) is 2.69. The van der Waals surface area contributed by atoms with Crippen molar-refractivity contribution in [3.8, 4) is 0 Å². The van der Waals surface area contributed by atoms with Gasteiger partial charge in [0.2, 0.25) is 11.9 Å². The Balaban J connectivity index is 1.43. The maximum absolute atomic E-state index is 13.2. The first-order valence-corrected chi connectivity index (χ1v) is 12.9. The van der Waals surface area contributed by atoms with Crippen LogP contribution in [0.3, 0.4) is 0 Å². The van der Waals surface area contributed by atoms with Crippen molar-refractivity contribution in [2.24, 2.45) is 0 Å². The van der Waals surface area contributed by atoms with E-state index in [9.17, 15) is 9.59 Å². The van der Waals surface area contributed by atoms with Gasteiger partial charge < -0.3 is 20.0 Å². The summed E-state index contributed by atoms with van der Waals surface area (Å²) in [5, 5.41) is 4.38. The summed E-state index contributed by atoms with van der Waals surface area (Å²) >= 11 is 6.13. The number of carbonyl (C=O) groups is 2. The molecule has 1 N–H and O–H groups in total. The topological polar surface area (TPSA) is 81.7 Å². The Kier molecular flexibility index (Phi) is 6.34. The zero-order valence-electron chi connectivity index (χ0n) is 20.7. The number of nitrogens with one attached hydrogen (secondary N) is 1. The lowest BCUT2D eigenvalue weighted by molar-refractivity contribution is -0.129. The Morgan fingerprint density at radius 3 is 2.37 bits per heavy atom. The lowest BCUT2D eigenvalue weighted by atomic mass is 9.64. The zero-order chi connectivity index (χ0) is 24.7. The number of nitrogens with zero attached hydrogens (tertiary/aromatic N) is 5. The molecule has 2 aromatic rings. The van der Waals surface area contributed by atoms with Gasteiger partial charge in [-0.15, -0.1) is 0 Å².